The molecule has 2 aliphatic rings. The van der Waals surface area contributed by atoms with E-state index in [0.717, 1.165) is 12.8 Å². The normalized spacial score (nSPS) is 20.2. The molecule has 3 rings (SSSR count). The quantitative estimate of drug-likeness (QED) is 0.846. The number of hydrogen-bond acceptors (Lipinski definition) is 5. The molecule has 1 fully saturated rings. The van der Waals surface area contributed by atoms with Crippen molar-refractivity contribution in [3.63, 3.8) is 0 Å². The summed E-state index contributed by atoms with van der Waals surface area (Å²) in [7, 11) is 2.58. The topological polar surface area (TPSA) is 84.9 Å². The Kier molecular flexibility index (Phi) is 4.48. The summed E-state index contributed by atoms with van der Waals surface area (Å²) < 4.78 is 9.75. The van der Waals surface area contributed by atoms with E-state index in [2.05, 4.69) is 5.32 Å². The molecule has 2 amide bonds. The lowest BCUT2D eigenvalue weighted by Gasteiger charge is -2.35. The zero-order valence-corrected chi connectivity index (χ0v) is 14.4. The van der Waals surface area contributed by atoms with Gasteiger partial charge in [-0.1, -0.05) is 18.2 Å². The Bertz CT molecular complexity index is 766. The maximum atomic E-state index is 12.6. The average molecular weight is 344 g/mol. The van der Waals surface area contributed by atoms with Gasteiger partial charge in [-0.2, -0.15) is 0 Å². The SMILES string of the molecule is COC(=O)C1=C(C)N(C2CC2)C(=O)NC1c1ccccc1C(=O)OC. The summed E-state index contributed by atoms with van der Waals surface area (Å²) in [6.07, 6.45) is 1.81. The van der Waals surface area contributed by atoms with E-state index >= 15 is 0 Å². The molecule has 0 bridgehead atoms. The zero-order valence-electron chi connectivity index (χ0n) is 14.4. The number of rotatable bonds is 4. The molecule has 1 N–H and O–H groups in total. The van der Waals surface area contributed by atoms with Gasteiger partial charge in [-0.25, -0.2) is 14.4 Å². The lowest BCUT2D eigenvalue weighted by molar-refractivity contribution is -0.136. The van der Waals surface area contributed by atoms with Gasteiger partial charge in [0.05, 0.1) is 31.4 Å². The molecule has 0 radical (unpaired) electrons. The number of ether oxygens (including phenoxy) is 2. The van der Waals surface area contributed by atoms with Gasteiger partial charge in [0.15, 0.2) is 0 Å². The van der Waals surface area contributed by atoms with Crippen molar-refractivity contribution >= 4 is 18.0 Å². The van der Waals surface area contributed by atoms with Crippen molar-refractivity contribution in [1.29, 1.82) is 0 Å². The number of nitrogens with zero attached hydrogens (tertiary/aromatic N) is 1. The first-order chi connectivity index (χ1) is 12.0. The maximum absolute atomic E-state index is 12.6. The van der Waals surface area contributed by atoms with Crippen LogP contribution in [0.4, 0.5) is 4.79 Å². The lowest BCUT2D eigenvalue weighted by Crippen LogP contribution is -2.49. The Hall–Kier alpha value is -2.83. The van der Waals surface area contributed by atoms with E-state index in [1.807, 2.05) is 0 Å². The van der Waals surface area contributed by atoms with Crippen molar-refractivity contribution in [2.45, 2.75) is 31.8 Å². The fourth-order valence-electron chi connectivity index (χ4n) is 3.18. The molecule has 1 atom stereocenters. The van der Waals surface area contributed by atoms with Gasteiger partial charge >= 0.3 is 18.0 Å². The van der Waals surface area contributed by atoms with Crippen LogP contribution in [0, 0.1) is 0 Å². The number of amides is 2. The highest BCUT2D eigenvalue weighted by Crippen LogP contribution is 2.38. The monoisotopic (exact) mass is 344 g/mol. The number of esters is 2. The summed E-state index contributed by atoms with van der Waals surface area (Å²) in [4.78, 5) is 38.7. The zero-order chi connectivity index (χ0) is 18.1. The van der Waals surface area contributed by atoms with Crippen LogP contribution in [0.1, 0.15) is 41.7 Å². The number of benzene rings is 1. The van der Waals surface area contributed by atoms with Crippen LogP contribution in [0.3, 0.4) is 0 Å². The van der Waals surface area contributed by atoms with Crippen LogP contribution in [0.2, 0.25) is 0 Å². The highest BCUT2D eigenvalue weighted by molar-refractivity contribution is 5.97. The molecule has 0 spiro atoms. The number of urea groups is 1. The number of nitrogens with one attached hydrogen (secondary N) is 1. The molecule has 1 aromatic rings. The molecule has 0 saturated heterocycles. The van der Waals surface area contributed by atoms with Crippen LogP contribution in [-0.4, -0.2) is 43.1 Å². The third-order valence-electron chi connectivity index (χ3n) is 4.52. The molecular formula is C18H20N2O5. The first kappa shape index (κ1) is 17.0. The van der Waals surface area contributed by atoms with Crippen LogP contribution in [0.5, 0.6) is 0 Å². The summed E-state index contributed by atoms with van der Waals surface area (Å²) in [5.41, 5.74) is 1.68. The van der Waals surface area contributed by atoms with E-state index < -0.39 is 18.0 Å². The number of carbonyl (C=O) groups is 3. The summed E-state index contributed by atoms with van der Waals surface area (Å²) in [5.74, 6) is -1.07. The highest BCUT2D eigenvalue weighted by Gasteiger charge is 2.43. The second-order valence-corrected chi connectivity index (χ2v) is 6.05. The van der Waals surface area contributed by atoms with Crippen molar-refractivity contribution in [1.82, 2.24) is 10.2 Å². The minimum Gasteiger partial charge on any atom is -0.466 e. The van der Waals surface area contributed by atoms with Gasteiger partial charge in [-0.05, 0) is 31.4 Å². The van der Waals surface area contributed by atoms with Crippen LogP contribution in [0.25, 0.3) is 0 Å². The fourth-order valence-corrected chi connectivity index (χ4v) is 3.18. The molecule has 25 heavy (non-hydrogen) atoms. The van der Waals surface area contributed by atoms with Gasteiger partial charge in [0, 0.05) is 11.7 Å². The first-order valence-electron chi connectivity index (χ1n) is 8.05. The summed E-state index contributed by atoms with van der Waals surface area (Å²) in [6, 6.07) is 5.79. The van der Waals surface area contributed by atoms with Crippen molar-refractivity contribution in [2.24, 2.45) is 0 Å². The molecule has 1 heterocycles. The van der Waals surface area contributed by atoms with Crippen molar-refractivity contribution in [2.75, 3.05) is 14.2 Å². The van der Waals surface area contributed by atoms with E-state index in [1.165, 1.54) is 14.2 Å². The molecule has 7 heteroatoms. The summed E-state index contributed by atoms with van der Waals surface area (Å²) >= 11 is 0. The van der Waals surface area contributed by atoms with E-state index in [9.17, 15) is 14.4 Å². The Morgan fingerprint density at radius 2 is 1.76 bits per heavy atom. The minimum absolute atomic E-state index is 0.108. The number of carbonyl (C=O) groups excluding carboxylic acids is 3. The van der Waals surface area contributed by atoms with Gasteiger partial charge in [0.1, 0.15) is 0 Å². The molecule has 1 saturated carbocycles. The van der Waals surface area contributed by atoms with Crippen LogP contribution in [0.15, 0.2) is 35.5 Å². The van der Waals surface area contributed by atoms with E-state index in [1.54, 1.807) is 36.1 Å². The molecule has 1 aromatic carbocycles. The molecule has 132 valence electrons. The fraction of sp³-hybridized carbons (Fsp3) is 0.389. The third-order valence-corrected chi connectivity index (χ3v) is 4.52. The minimum atomic E-state index is -0.773. The maximum Gasteiger partial charge on any atom is 0.338 e. The predicted molar refractivity (Wildman–Crippen MR) is 88.6 cm³/mol. The number of methoxy groups -OCH3 is 2. The average Bonchev–Trinajstić information content (AvgIpc) is 3.45. The van der Waals surface area contributed by atoms with Gasteiger partial charge in [0.25, 0.3) is 0 Å². The predicted octanol–water partition coefficient (Wildman–Crippen LogP) is 2.15. The third kappa shape index (κ3) is 2.97. The molecule has 1 unspecified atom stereocenters. The largest absolute Gasteiger partial charge is 0.466 e. The summed E-state index contributed by atoms with van der Waals surface area (Å²) in [6.45, 7) is 1.73. The first-order valence-corrected chi connectivity index (χ1v) is 8.05. The molecule has 1 aliphatic heterocycles. The van der Waals surface area contributed by atoms with Crippen molar-refractivity contribution < 1.29 is 23.9 Å². The molecule has 0 aromatic heterocycles. The molecule has 1 aliphatic carbocycles. The standard InChI is InChI=1S/C18H20N2O5/c1-10-14(17(22)25-3)15(19-18(23)20(10)11-8-9-11)12-6-4-5-7-13(12)16(21)24-2/h4-7,11,15H,8-9H2,1-3H3,(H,19,23). The van der Waals surface area contributed by atoms with Gasteiger partial charge in [-0.3, -0.25) is 4.90 Å². The van der Waals surface area contributed by atoms with E-state index in [4.69, 9.17) is 9.47 Å². The smallest absolute Gasteiger partial charge is 0.338 e. The Morgan fingerprint density at radius 3 is 2.36 bits per heavy atom. The second-order valence-electron chi connectivity index (χ2n) is 6.05. The number of hydrogen-bond donors (Lipinski definition) is 1. The van der Waals surface area contributed by atoms with Crippen LogP contribution in [-0.2, 0) is 14.3 Å². The highest BCUT2D eigenvalue weighted by atomic mass is 16.5. The molecular weight excluding hydrogens is 324 g/mol. The van der Waals surface area contributed by atoms with Gasteiger partial charge in [0.2, 0.25) is 0 Å². The number of allylic oxidation sites excluding steroid dienone is 1. The molecule has 7 nitrogen and oxygen atoms in total. The van der Waals surface area contributed by atoms with Gasteiger partial charge in [-0.15, -0.1) is 0 Å². The Labute approximate surface area is 145 Å². The van der Waals surface area contributed by atoms with Crippen molar-refractivity contribution in [3.05, 3.63) is 46.7 Å². The second kappa shape index (κ2) is 6.58. The Balaban J connectivity index is 2.13. The van der Waals surface area contributed by atoms with Crippen LogP contribution < -0.4 is 5.32 Å². The summed E-state index contributed by atoms with van der Waals surface area (Å²) in [5, 5.41) is 2.84. The van der Waals surface area contributed by atoms with Crippen molar-refractivity contribution in [3.8, 4) is 0 Å². The van der Waals surface area contributed by atoms with E-state index in [-0.39, 0.29) is 12.1 Å². The lowest BCUT2D eigenvalue weighted by atomic mass is 9.91. The van der Waals surface area contributed by atoms with E-state index in [0.29, 0.717) is 22.4 Å². The Morgan fingerprint density at radius 1 is 1.12 bits per heavy atom. The van der Waals surface area contributed by atoms with Gasteiger partial charge < -0.3 is 14.8 Å². The van der Waals surface area contributed by atoms with Crippen LogP contribution >= 0.6 is 0 Å².